The van der Waals surface area contributed by atoms with Crippen LogP contribution in [0.3, 0.4) is 0 Å². The largest absolute Gasteiger partial charge is 0.419 e. The number of alkyl halides is 3. The van der Waals surface area contributed by atoms with Crippen LogP contribution in [0.25, 0.3) is 11.1 Å². The van der Waals surface area contributed by atoms with Crippen LogP contribution >= 0.6 is 0 Å². The first-order valence-corrected chi connectivity index (χ1v) is 5.32. The van der Waals surface area contributed by atoms with Crippen molar-refractivity contribution >= 4 is 0 Å². The molecule has 0 aliphatic rings. The Kier molecular flexibility index (Phi) is 3.11. The Labute approximate surface area is 102 Å². The number of rotatable bonds is 1. The second-order valence-corrected chi connectivity index (χ2v) is 4.03. The van der Waals surface area contributed by atoms with Crippen LogP contribution in [0.5, 0.6) is 0 Å². The third-order valence-electron chi connectivity index (χ3n) is 2.66. The summed E-state index contributed by atoms with van der Waals surface area (Å²) in [7, 11) is 0. The van der Waals surface area contributed by atoms with Crippen LogP contribution in [-0.2, 0) is 6.18 Å². The fraction of sp³-hybridized carbons (Fsp3) is 0.143. The van der Waals surface area contributed by atoms with E-state index >= 15 is 0 Å². The summed E-state index contributed by atoms with van der Waals surface area (Å²) in [6.45, 7) is 1.83. The number of halogens is 4. The van der Waals surface area contributed by atoms with E-state index in [1.807, 2.05) is 6.92 Å². The van der Waals surface area contributed by atoms with Crippen molar-refractivity contribution in [3.63, 3.8) is 0 Å². The standard InChI is InChI=1S/C14H10F4/c1-9-5-7-10(8-6-9)11-3-2-4-12(15)13(11)14(16,17)18/h2-8H,1H3. The van der Waals surface area contributed by atoms with E-state index in [9.17, 15) is 17.6 Å². The van der Waals surface area contributed by atoms with E-state index in [1.54, 1.807) is 24.3 Å². The molecule has 4 heteroatoms. The van der Waals surface area contributed by atoms with Gasteiger partial charge in [-0.2, -0.15) is 13.2 Å². The second kappa shape index (κ2) is 4.44. The second-order valence-electron chi connectivity index (χ2n) is 4.03. The van der Waals surface area contributed by atoms with Gasteiger partial charge in [-0.25, -0.2) is 4.39 Å². The molecular formula is C14H10F4. The van der Waals surface area contributed by atoms with Crippen molar-refractivity contribution in [1.29, 1.82) is 0 Å². The van der Waals surface area contributed by atoms with E-state index in [4.69, 9.17) is 0 Å². The molecule has 0 heterocycles. The third-order valence-corrected chi connectivity index (χ3v) is 2.66. The van der Waals surface area contributed by atoms with E-state index in [0.29, 0.717) is 5.56 Å². The molecule has 2 rings (SSSR count). The van der Waals surface area contributed by atoms with Crippen molar-refractivity contribution in [2.45, 2.75) is 13.1 Å². The van der Waals surface area contributed by atoms with Gasteiger partial charge in [-0.05, 0) is 24.1 Å². The van der Waals surface area contributed by atoms with Crippen LogP contribution in [0.1, 0.15) is 11.1 Å². The van der Waals surface area contributed by atoms with Crippen LogP contribution < -0.4 is 0 Å². The average Bonchev–Trinajstić information content (AvgIpc) is 2.28. The molecule has 0 atom stereocenters. The summed E-state index contributed by atoms with van der Waals surface area (Å²) >= 11 is 0. The predicted molar refractivity (Wildman–Crippen MR) is 61.6 cm³/mol. The van der Waals surface area contributed by atoms with Gasteiger partial charge in [0.2, 0.25) is 0 Å². The van der Waals surface area contributed by atoms with Gasteiger partial charge < -0.3 is 0 Å². The smallest absolute Gasteiger partial charge is 0.206 e. The summed E-state index contributed by atoms with van der Waals surface area (Å²) in [5.74, 6) is -1.25. The summed E-state index contributed by atoms with van der Waals surface area (Å²) < 4.78 is 51.9. The lowest BCUT2D eigenvalue weighted by atomic mass is 9.98. The summed E-state index contributed by atoms with van der Waals surface area (Å²) in [6.07, 6.45) is -4.70. The molecule has 94 valence electrons. The summed E-state index contributed by atoms with van der Waals surface area (Å²) in [4.78, 5) is 0. The molecular weight excluding hydrogens is 244 g/mol. The molecule has 0 N–H and O–H groups in total. The quantitative estimate of drug-likeness (QED) is 0.640. The molecule has 18 heavy (non-hydrogen) atoms. The fourth-order valence-corrected chi connectivity index (χ4v) is 1.79. The lowest BCUT2D eigenvalue weighted by Gasteiger charge is -2.13. The topological polar surface area (TPSA) is 0 Å². The van der Waals surface area contributed by atoms with Gasteiger partial charge >= 0.3 is 6.18 Å². The Bertz CT molecular complexity index is 553. The molecule has 0 aliphatic heterocycles. The highest BCUT2D eigenvalue weighted by atomic mass is 19.4. The number of benzene rings is 2. The number of hydrogen-bond donors (Lipinski definition) is 0. The van der Waals surface area contributed by atoms with E-state index in [1.165, 1.54) is 12.1 Å². The minimum atomic E-state index is -4.70. The van der Waals surface area contributed by atoms with Gasteiger partial charge in [-0.15, -0.1) is 0 Å². The molecule has 0 aromatic heterocycles. The Morgan fingerprint density at radius 1 is 0.889 bits per heavy atom. The number of aryl methyl sites for hydroxylation is 1. The Hall–Kier alpha value is -1.84. The van der Waals surface area contributed by atoms with Gasteiger partial charge in [0.1, 0.15) is 5.82 Å². The lowest BCUT2D eigenvalue weighted by Crippen LogP contribution is -2.10. The van der Waals surface area contributed by atoms with Crippen molar-refractivity contribution in [3.05, 3.63) is 59.4 Å². The molecule has 0 radical (unpaired) electrons. The molecule has 2 aromatic rings. The minimum absolute atomic E-state index is 0.137. The van der Waals surface area contributed by atoms with Gasteiger partial charge in [0, 0.05) is 0 Å². The van der Waals surface area contributed by atoms with Gasteiger partial charge in [-0.3, -0.25) is 0 Å². The number of hydrogen-bond acceptors (Lipinski definition) is 0. The lowest BCUT2D eigenvalue weighted by molar-refractivity contribution is -0.139. The maximum atomic E-state index is 13.4. The highest BCUT2D eigenvalue weighted by Crippen LogP contribution is 2.38. The summed E-state index contributed by atoms with van der Waals surface area (Å²) in [5, 5.41) is 0. The first-order valence-electron chi connectivity index (χ1n) is 5.32. The van der Waals surface area contributed by atoms with E-state index in [0.717, 1.165) is 11.6 Å². The maximum absolute atomic E-state index is 13.4. The van der Waals surface area contributed by atoms with Gasteiger partial charge in [0.15, 0.2) is 0 Å². The van der Waals surface area contributed by atoms with Crippen LogP contribution in [0.4, 0.5) is 17.6 Å². The van der Waals surface area contributed by atoms with Crippen LogP contribution in [0.15, 0.2) is 42.5 Å². The Balaban J connectivity index is 2.65. The normalized spacial score (nSPS) is 11.6. The van der Waals surface area contributed by atoms with E-state index in [2.05, 4.69) is 0 Å². The van der Waals surface area contributed by atoms with Crippen molar-refractivity contribution in [2.75, 3.05) is 0 Å². The van der Waals surface area contributed by atoms with Gasteiger partial charge in [0.05, 0.1) is 5.56 Å². The maximum Gasteiger partial charge on any atom is 0.419 e. The zero-order chi connectivity index (χ0) is 13.3. The van der Waals surface area contributed by atoms with Crippen LogP contribution in [-0.4, -0.2) is 0 Å². The molecule has 0 nitrogen and oxygen atoms in total. The molecule has 0 saturated heterocycles. The first-order chi connectivity index (χ1) is 8.39. The highest BCUT2D eigenvalue weighted by Gasteiger charge is 2.36. The minimum Gasteiger partial charge on any atom is -0.206 e. The van der Waals surface area contributed by atoms with Crippen molar-refractivity contribution in [2.24, 2.45) is 0 Å². The molecule has 0 spiro atoms. The molecule has 0 unspecified atom stereocenters. The Morgan fingerprint density at radius 3 is 2.06 bits per heavy atom. The summed E-state index contributed by atoms with van der Waals surface area (Å²) in [6, 6.07) is 9.87. The van der Waals surface area contributed by atoms with Crippen LogP contribution in [0.2, 0.25) is 0 Å². The molecule has 0 saturated carbocycles. The van der Waals surface area contributed by atoms with Crippen molar-refractivity contribution < 1.29 is 17.6 Å². The summed E-state index contributed by atoms with van der Waals surface area (Å²) in [5.41, 5.74) is -0.0625. The molecule has 0 fully saturated rings. The predicted octanol–water partition coefficient (Wildman–Crippen LogP) is 4.82. The zero-order valence-electron chi connectivity index (χ0n) is 9.55. The average molecular weight is 254 g/mol. The molecule has 0 bridgehead atoms. The molecule has 0 aliphatic carbocycles. The monoisotopic (exact) mass is 254 g/mol. The van der Waals surface area contributed by atoms with Crippen molar-refractivity contribution in [1.82, 2.24) is 0 Å². The molecule has 0 amide bonds. The SMILES string of the molecule is Cc1ccc(-c2cccc(F)c2C(F)(F)F)cc1. The molecule has 2 aromatic carbocycles. The fourth-order valence-electron chi connectivity index (χ4n) is 1.79. The van der Waals surface area contributed by atoms with Crippen LogP contribution in [0, 0.1) is 12.7 Å². The third kappa shape index (κ3) is 2.37. The Morgan fingerprint density at radius 2 is 1.50 bits per heavy atom. The highest BCUT2D eigenvalue weighted by molar-refractivity contribution is 5.68. The van der Waals surface area contributed by atoms with Gasteiger partial charge in [-0.1, -0.05) is 42.0 Å². The van der Waals surface area contributed by atoms with E-state index in [-0.39, 0.29) is 5.56 Å². The van der Waals surface area contributed by atoms with Gasteiger partial charge in [0.25, 0.3) is 0 Å². The first kappa shape index (κ1) is 12.6. The van der Waals surface area contributed by atoms with Crippen molar-refractivity contribution in [3.8, 4) is 11.1 Å². The van der Waals surface area contributed by atoms with E-state index < -0.39 is 17.6 Å². The zero-order valence-corrected chi connectivity index (χ0v) is 9.55.